The molecular weight excluding hydrogens is 363 g/mol. The zero-order valence-corrected chi connectivity index (χ0v) is 18.2. The van der Waals surface area contributed by atoms with E-state index >= 15 is 0 Å². The topological polar surface area (TPSA) is 47.9 Å². The smallest absolute Gasteiger partial charge is 0.192 e. The van der Waals surface area contributed by atoms with E-state index in [1.807, 2.05) is 6.07 Å². The van der Waals surface area contributed by atoms with Gasteiger partial charge in [0.25, 0.3) is 0 Å². The minimum absolute atomic E-state index is 0.114. The van der Waals surface area contributed by atoms with Crippen LogP contribution in [0, 0.1) is 5.82 Å². The molecule has 1 aromatic carbocycles. The van der Waals surface area contributed by atoms with Gasteiger partial charge in [0.1, 0.15) is 5.82 Å². The molecule has 27 heavy (non-hydrogen) atoms. The van der Waals surface area contributed by atoms with Crippen LogP contribution in [-0.4, -0.2) is 32.4 Å². The number of benzene rings is 1. The van der Waals surface area contributed by atoms with Crippen LogP contribution in [0.1, 0.15) is 57.6 Å². The van der Waals surface area contributed by atoms with Gasteiger partial charge in [-0.1, -0.05) is 32.9 Å². The molecule has 1 aliphatic heterocycles. The lowest BCUT2D eigenvalue weighted by atomic mass is 9.76. The lowest BCUT2D eigenvalue weighted by molar-refractivity contribution is -0.204. The Bertz CT molecular complexity index is 667. The fourth-order valence-electron chi connectivity index (χ4n) is 3.61. The molecule has 1 saturated carbocycles. The van der Waals surface area contributed by atoms with Crippen molar-refractivity contribution in [3.8, 4) is 0 Å². The zero-order valence-electron chi connectivity index (χ0n) is 17.2. The maximum Gasteiger partial charge on any atom is 0.192 e. The van der Waals surface area contributed by atoms with Crippen LogP contribution < -0.4 is 0 Å². The average molecular weight is 397 g/mol. The highest BCUT2D eigenvalue weighted by atomic mass is 28.4. The Hall–Kier alpha value is -0.793. The van der Waals surface area contributed by atoms with E-state index < -0.39 is 19.7 Å². The second kappa shape index (κ2) is 7.23. The summed E-state index contributed by atoms with van der Waals surface area (Å²) in [5.41, 5.74) is 0.00884. The van der Waals surface area contributed by atoms with E-state index in [0.717, 1.165) is 5.56 Å². The van der Waals surface area contributed by atoms with Crippen LogP contribution >= 0.6 is 0 Å². The Labute approximate surface area is 163 Å². The molecule has 0 amide bonds. The molecule has 1 spiro atoms. The van der Waals surface area contributed by atoms with Crippen molar-refractivity contribution < 1.29 is 23.4 Å². The summed E-state index contributed by atoms with van der Waals surface area (Å²) >= 11 is 0. The minimum atomic E-state index is -1.88. The van der Waals surface area contributed by atoms with Crippen molar-refractivity contribution in [3.63, 3.8) is 0 Å². The van der Waals surface area contributed by atoms with Crippen LogP contribution in [0.2, 0.25) is 18.1 Å². The largest absolute Gasteiger partial charge is 0.413 e. The van der Waals surface area contributed by atoms with Gasteiger partial charge in [-0.05, 0) is 42.6 Å². The summed E-state index contributed by atoms with van der Waals surface area (Å²) in [5.74, 6) is -0.933. The normalized spacial score (nSPS) is 22.3. The molecule has 0 aromatic heterocycles. The van der Waals surface area contributed by atoms with Crippen LogP contribution in [0.3, 0.4) is 0 Å². The third kappa shape index (κ3) is 4.30. The lowest BCUT2D eigenvalue weighted by Crippen LogP contribution is -2.42. The van der Waals surface area contributed by atoms with Crippen LogP contribution in [0.25, 0.3) is 0 Å². The molecule has 0 atom stereocenters. The van der Waals surface area contributed by atoms with E-state index in [9.17, 15) is 9.50 Å². The molecule has 6 heteroatoms. The van der Waals surface area contributed by atoms with Crippen molar-refractivity contribution in [1.29, 1.82) is 0 Å². The number of hydrogen-bond acceptors (Lipinski definition) is 4. The number of halogens is 1. The molecule has 1 aliphatic carbocycles. The summed E-state index contributed by atoms with van der Waals surface area (Å²) in [6.45, 7) is 12.5. The number of hydrogen-bond donors (Lipinski definition) is 1. The van der Waals surface area contributed by atoms with Gasteiger partial charge < -0.3 is 19.0 Å². The first-order valence-corrected chi connectivity index (χ1v) is 12.8. The molecular formula is C21H33FO4Si. The third-order valence-corrected chi connectivity index (χ3v) is 11.1. The van der Waals surface area contributed by atoms with Crippen molar-refractivity contribution in [2.75, 3.05) is 13.2 Å². The number of ether oxygens (including phenoxy) is 2. The van der Waals surface area contributed by atoms with Gasteiger partial charge in [-0.3, -0.25) is 0 Å². The van der Waals surface area contributed by atoms with Gasteiger partial charge in [-0.2, -0.15) is 0 Å². The van der Waals surface area contributed by atoms with Crippen molar-refractivity contribution in [2.24, 2.45) is 0 Å². The van der Waals surface area contributed by atoms with Crippen LogP contribution in [0.5, 0.6) is 0 Å². The number of aliphatic hydroxyl groups is 1. The van der Waals surface area contributed by atoms with E-state index in [-0.39, 0.29) is 10.9 Å². The summed E-state index contributed by atoms with van der Waals surface area (Å²) in [5, 5.41) is 11.2. The predicted octanol–water partition coefficient (Wildman–Crippen LogP) is 4.85. The summed E-state index contributed by atoms with van der Waals surface area (Å²) in [6.07, 6.45) is 2.03. The van der Waals surface area contributed by atoms with E-state index in [0.29, 0.717) is 51.1 Å². The molecule has 1 N–H and O–H groups in total. The second-order valence-electron chi connectivity index (χ2n) is 9.50. The van der Waals surface area contributed by atoms with Gasteiger partial charge in [0, 0.05) is 18.4 Å². The van der Waals surface area contributed by atoms with E-state index in [1.54, 1.807) is 6.07 Å². The van der Waals surface area contributed by atoms with E-state index in [4.69, 9.17) is 13.9 Å². The molecule has 4 nitrogen and oxygen atoms in total. The molecule has 2 fully saturated rings. The monoisotopic (exact) mass is 396 g/mol. The summed E-state index contributed by atoms with van der Waals surface area (Å²) in [4.78, 5) is 0. The Kier molecular flexibility index (Phi) is 5.60. The van der Waals surface area contributed by atoms with Gasteiger partial charge in [0.15, 0.2) is 14.1 Å². The quantitative estimate of drug-likeness (QED) is 0.739. The maximum atomic E-state index is 14.8. The molecule has 0 unspecified atom stereocenters. The first-order chi connectivity index (χ1) is 12.5. The minimum Gasteiger partial charge on any atom is -0.413 e. The predicted molar refractivity (Wildman–Crippen MR) is 105 cm³/mol. The van der Waals surface area contributed by atoms with Crippen LogP contribution in [-0.2, 0) is 26.1 Å². The summed E-state index contributed by atoms with van der Waals surface area (Å²) in [7, 11) is -1.88. The fraction of sp³-hybridized carbons (Fsp3) is 0.714. The first-order valence-electron chi connectivity index (χ1n) is 9.90. The number of rotatable bonds is 4. The zero-order chi connectivity index (χ0) is 19.9. The Morgan fingerprint density at radius 1 is 1.11 bits per heavy atom. The molecule has 0 radical (unpaired) electrons. The van der Waals surface area contributed by atoms with E-state index in [2.05, 4.69) is 33.9 Å². The molecule has 3 rings (SSSR count). The molecule has 2 aliphatic rings. The average Bonchev–Trinajstić information content (AvgIpc) is 3.04. The highest BCUT2D eigenvalue weighted by Crippen LogP contribution is 2.45. The summed E-state index contributed by atoms with van der Waals surface area (Å²) in [6, 6.07) is 5.10. The molecule has 1 saturated heterocycles. The molecule has 1 aromatic rings. The van der Waals surface area contributed by atoms with Gasteiger partial charge in [0.05, 0.1) is 25.4 Å². The highest BCUT2D eigenvalue weighted by molar-refractivity contribution is 6.74. The second-order valence-corrected chi connectivity index (χ2v) is 14.3. The molecule has 152 valence electrons. The van der Waals surface area contributed by atoms with Crippen molar-refractivity contribution in [2.45, 2.75) is 82.6 Å². The Balaban J connectivity index is 1.68. The van der Waals surface area contributed by atoms with Gasteiger partial charge in [0.2, 0.25) is 0 Å². The lowest BCUT2D eigenvalue weighted by Gasteiger charge is -2.41. The molecule has 1 heterocycles. The molecule has 0 bridgehead atoms. The van der Waals surface area contributed by atoms with Crippen molar-refractivity contribution in [1.82, 2.24) is 0 Å². The Morgan fingerprint density at radius 3 is 2.22 bits per heavy atom. The first kappa shape index (κ1) is 20.9. The third-order valence-electron chi connectivity index (χ3n) is 6.59. The maximum absolute atomic E-state index is 14.8. The van der Waals surface area contributed by atoms with Crippen LogP contribution in [0.4, 0.5) is 4.39 Å². The van der Waals surface area contributed by atoms with Crippen molar-refractivity contribution in [3.05, 3.63) is 35.1 Å². The van der Waals surface area contributed by atoms with Crippen LogP contribution in [0.15, 0.2) is 18.2 Å². The van der Waals surface area contributed by atoms with Gasteiger partial charge >= 0.3 is 0 Å². The van der Waals surface area contributed by atoms with E-state index in [1.165, 1.54) is 6.07 Å². The van der Waals surface area contributed by atoms with Gasteiger partial charge in [-0.25, -0.2) is 4.39 Å². The SMILES string of the molecule is CC(C)(C)[Si](C)(C)OCc1ccc(C2(O)CCC3(CC2)OCCO3)c(F)c1. The standard InChI is InChI=1S/C21H33FO4Si/c1-19(2,3)27(4,5)26-15-16-6-7-17(18(22)14-16)20(23)8-10-21(11-9-20)24-12-13-25-21/h6-7,14,23H,8-13,15H2,1-5H3. The Morgan fingerprint density at radius 2 is 1.70 bits per heavy atom. The van der Waals surface area contributed by atoms with Gasteiger partial charge in [-0.15, -0.1) is 0 Å². The fourth-order valence-corrected chi connectivity index (χ4v) is 4.57. The van der Waals surface area contributed by atoms with Crippen molar-refractivity contribution >= 4 is 8.32 Å². The highest BCUT2D eigenvalue weighted by Gasteiger charge is 2.47. The summed E-state index contributed by atoms with van der Waals surface area (Å²) < 4.78 is 32.4.